The van der Waals surface area contributed by atoms with Gasteiger partial charge in [-0.1, -0.05) is 22.0 Å². The lowest BCUT2D eigenvalue weighted by Crippen LogP contribution is -1.97. The minimum atomic E-state index is -0.984. The first-order chi connectivity index (χ1) is 8.13. The molecular weight excluding hydrogens is 284 g/mol. The van der Waals surface area contributed by atoms with Crippen molar-refractivity contribution in [2.45, 2.75) is 6.42 Å². The van der Waals surface area contributed by atoms with Crippen LogP contribution in [-0.4, -0.2) is 17.7 Å². The van der Waals surface area contributed by atoms with Crippen LogP contribution < -0.4 is 4.74 Å². The third kappa shape index (κ3) is 4.87. The fourth-order valence-electron chi connectivity index (χ4n) is 1.19. The lowest BCUT2D eigenvalue weighted by Gasteiger charge is -2.08. The second-order valence-corrected chi connectivity index (χ2v) is 4.20. The second kappa shape index (κ2) is 6.91. The minimum absolute atomic E-state index is 0.527. The molecule has 17 heavy (non-hydrogen) atoms. The van der Waals surface area contributed by atoms with Crippen LogP contribution in [0, 0.1) is 0 Å². The number of hydrogen-bond acceptors (Lipinski definition) is 2. The number of carboxylic acid groups (broad SMARTS) is 1. The third-order valence-electron chi connectivity index (χ3n) is 1.96. The molecule has 0 aliphatic rings. The molecule has 3 nitrogen and oxygen atoms in total. The standard InChI is InChI=1S/C13H13BrO3/c1-2-3-8-17-12-6-5-11(14)9-10(12)4-7-13(15)16/h2,4-7,9H,1,3,8H2,(H,15,16). The maximum atomic E-state index is 10.5. The van der Waals surface area contributed by atoms with Gasteiger partial charge in [-0.3, -0.25) is 0 Å². The van der Waals surface area contributed by atoms with Gasteiger partial charge in [-0.15, -0.1) is 6.58 Å². The SMILES string of the molecule is C=CCCOc1ccc(Br)cc1C=CC(=O)O. The summed E-state index contributed by atoms with van der Waals surface area (Å²) >= 11 is 3.33. The number of rotatable bonds is 6. The second-order valence-electron chi connectivity index (χ2n) is 3.28. The average Bonchev–Trinajstić information content (AvgIpc) is 2.29. The highest BCUT2D eigenvalue weighted by molar-refractivity contribution is 9.10. The van der Waals surface area contributed by atoms with Gasteiger partial charge in [0.05, 0.1) is 6.61 Å². The molecule has 1 aromatic rings. The summed E-state index contributed by atoms with van der Waals surface area (Å²) in [6.07, 6.45) is 5.11. The summed E-state index contributed by atoms with van der Waals surface area (Å²) in [6, 6.07) is 5.46. The summed E-state index contributed by atoms with van der Waals surface area (Å²) in [5, 5.41) is 8.60. The first-order valence-electron chi connectivity index (χ1n) is 5.07. The van der Waals surface area contributed by atoms with E-state index in [1.165, 1.54) is 6.08 Å². The first kappa shape index (κ1) is 13.5. The number of benzene rings is 1. The Hall–Kier alpha value is -1.55. The summed E-state index contributed by atoms with van der Waals surface area (Å²) in [6.45, 7) is 4.14. The molecule has 0 unspecified atom stereocenters. The maximum absolute atomic E-state index is 10.5. The van der Waals surface area contributed by atoms with Crippen molar-refractivity contribution in [3.8, 4) is 5.75 Å². The average molecular weight is 297 g/mol. The summed E-state index contributed by atoms with van der Waals surface area (Å²) in [5.41, 5.74) is 0.728. The van der Waals surface area contributed by atoms with E-state index in [1.807, 2.05) is 12.1 Å². The summed E-state index contributed by atoms with van der Waals surface area (Å²) in [7, 11) is 0. The van der Waals surface area contributed by atoms with E-state index >= 15 is 0 Å². The summed E-state index contributed by atoms with van der Waals surface area (Å²) in [4.78, 5) is 10.5. The monoisotopic (exact) mass is 296 g/mol. The van der Waals surface area contributed by atoms with Gasteiger partial charge in [-0.2, -0.15) is 0 Å². The Labute approximate surface area is 109 Å². The van der Waals surface area contributed by atoms with Gasteiger partial charge in [0.2, 0.25) is 0 Å². The Morgan fingerprint density at radius 1 is 1.53 bits per heavy atom. The Kier molecular flexibility index (Phi) is 5.49. The van der Waals surface area contributed by atoms with Crippen molar-refractivity contribution in [3.63, 3.8) is 0 Å². The molecule has 0 aliphatic carbocycles. The van der Waals surface area contributed by atoms with Crippen LogP contribution in [0.5, 0.6) is 5.75 Å². The molecule has 4 heteroatoms. The van der Waals surface area contributed by atoms with E-state index in [2.05, 4.69) is 22.5 Å². The highest BCUT2D eigenvalue weighted by atomic mass is 79.9. The zero-order valence-corrected chi connectivity index (χ0v) is 10.8. The number of hydrogen-bond donors (Lipinski definition) is 1. The van der Waals surface area contributed by atoms with Crippen molar-refractivity contribution in [1.82, 2.24) is 0 Å². The molecule has 1 rings (SSSR count). The summed E-state index contributed by atoms with van der Waals surface area (Å²) in [5.74, 6) is -0.324. The maximum Gasteiger partial charge on any atom is 0.328 e. The predicted molar refractivity (Wildman–Crippen MR) is 71.1 cm³/mol. The zero-order valence-electron chi connectivity index (χ0n) is 9.23. The Balaban J connectivity index is 2.87. The summed E-state index contributed by atoms with van der Waals surface area (Å²) < 4.78 is 6.40. The Morgan fingerprint density at radius 2 is 2.29 bits per heavy atom. The highest BCUT2D eigenvalue weighted by Crippen LogP contribution is 2.24. The molecule has 0 amide bonds. The van der Waals surface area contributed by atoms with Crippen molar-refractivity contribution >= 4 is 28.0 Å². The Bertz CT molecular complexity index is 438. The van der Waals surface area contributed by atoms with Crippen LogP contribution in [0.3, 0.4) is 0 Å². The molecule has 1 aromatic carbocycles. The fourth-order valence-corrected chi connectivity index (χ4v) is 1.57. The normalized spacial score (nSPS) is 10.4. The van der Waals surface area contributed by atoms with Crippen LogP contribution in [0.4, 0.5) is 0 Å². The quantitative estimate of drug-likeness (QED) is 0.496. The van der Waals surface area contributed by atoms with E-state index in [-0.39, 0.29) is 0 Å². The van der Waals surface area contributed by atoms with Gasteiger partial charge in [0.25, 0.3) is 0 Å². The van der Waals surface area contributed by atoms with Crippen LogP contribution in [0.2, 0.25) is 0 Å². The van der Waals surface area contributed by atoms with Crippen LogP contribution in [0.1, 0.15) is 12.0 Å². The number of carbonyl (C=O) groups is 1. The van der Waals surface area contributed by atoms with Crippen LogP contribution >= 0.6 is 15.9 Å². The van der Waals surface area contributed by atoms with Gasteiger partial charge >= 0.3 is 5.97 Å². The van der Waals surface area contributed by atoms with E-state index in [1.54, 1.807) is 12.1 Å². The fraction of sp³-hybridized carbons (Fsp3) is 0.154. The number of halogens is 1. The lowest BCUT2D eigenvalue weighted by molar-refractivity contribution is -0.131. The molecule has 0 saturated heterocycles. The zero-order chi connectivity index (χ0) is 12.7. The van der Waals surface area contributed by atoms with E-state index in [0.717, 1.165) is 22.5 Å². The molecular formula is C13H13BrO3. The molecule has 1 N–H and O–H groups in total. The van der Waals surface area contributed by atoms with Gasteiger partial charge in [0, 0.05) is 16.1 Å². The molecule has 0 aromatic heterocycles. The number of ether oxygens (including phenoxy) is 1. The molecule has 90 valence electrons. The molecule has 0 bridgehead atoms. The van der Waals surface area contributed by atoms with E-state index < -0.39 is 5.97 Å². The van der Waals surface area contributed by atoms with Gasteiger partial charge in [0.15, 0.2) is 0 Å². The molecule has 0 atom stereocenters. The van der Waals surface area contributed by atoms with Crippen LogP contribution in [0.25, 0.3) is 6.08 Å². The number of carboxylic acids is 1. The third-order valence-corrected chi connectivity index (χ3v) is 2.45. The van der Waals surface area contributed by atoms with Crippen LogP contribution in [-0.2, 0) is 4.79 Å². The van der Waals surface area contributed by atoms with E-state index in [9.17, 15) is 4.79 Å². The van der Waals surface area contributed by atoms with Crippen molar-refractivity contribution in [1.29, 1.82) is 0 Å². The topological polar surface area (TPSA) is 46.5 Å². The van der Waals surface area contributed by atoms with E-state index in [4.69, 9.17) is 9.84 Å². The molecule has 0 heterocycles. The minimum Gasteiger partial charge on any atom is -0.493 e. The molecule has 0 aliphatic heterocycles. The van der Waals surface area contributed by atoms with Gasteiger partial charge in [-0.25, -0.2) is 4.79 Å². The Morgan fingerprint density at radius 3 is 2.94 bits per heavy atom. The first-order valence-corrected chi connectivity index (χ1v) is 5.87. The van der Waals surface area contributed by atoms with Crippen molar-refractivity contribution < 1.29 is 14.6 Å². The smallest absolute Gasteiger partial charge is 0.328 e. The van der Waals surface area contributed by atoms with Gasteiger partial charge in [-0.05, 0) is 30.7 Å². The lowest BCUT2D eigenvalue weighted by atomic mass is 10.2. The largest absolute Gasteiger partial charge is 0.493 e. The van der Waals surface area contributed by atoms with E-state index in [0.29, 0.717) is 12.4 Å². The van der Waals surface area contributed by atoms with Crippen LogP contribution in [0.15, 0.2) is 41.4 Å². The highest BCUT2D eigenvalue weighted by Gasteiger charge is 2.02. The van der Waals surface area contributed by atoms with Gasteiger partial charge in [0.1, 0.15) is 5.75 Å². The number of aliphatic carboxylic acids is 1. The van der Waals surface area contributed by atoms with Crippen molar-refractivity contribution in [2.24, 2.45) is 0 Å². The molecule has 0 radical (unpaired) electrons. The molecule has 0 spiro atoms. The van der Waals surface area contributed by atoms with Crippen molar-refractivity contribution in [3.05, 3.63) is 47.0 Å². The molecule has 0 saturated carbocycles. The molecule has 0 fully saturated rings. The van der Waals surface area contributed by atoms with Gasteiger partial charge < -0.3 is 9.84 Å². The van der Waals surface area contributed by atoms with Crippen molar-refractivity contribution in [2.75, 3.05) is 6.61 Å². The predicted octanol–water partition coefficient (Wildman–Crippen LogP) is 3.50.